The van der Waals surface area contributed by atoms with E-state index in [9.17, 15) is 5.11 Å². The first-order chi connectivity index (χ1) is 10.2. The van der Waals surface area contributed by atoms with Crippen LogP contribution in [0, 0.1) is 5.92 Å². The quantitative estimate of drug-likeness (QED) is 0.620. The third kappa shape index (κ3) is 3.72. The molecule has 1 aromatic rings. The lowest BCUT2D eigenvalue weighted by molar-refractivity contribution is 0.0424. The number of H-pyrrole nitrogens is 1. The van der Waals surface area contributed by atoms with Crippen molar-refractivity contribution in [1.29, 1.82) is 0 Å². The van der Waals surface area contributed by atoms with Gasteiger partial charge in [0.05, 0.1) is 6.10 Å². The molecule has 0 saturated carbocycles. The molecule has 3 rings (SSSR count). The largest absolute Gasteiger partial charge is 0.392 e. The van der Waals surface area contributed by atoms with E-state index < -0.39 is 0 Å². The Balaban J connectivity index is 1.45. The Morgan fingerprint density at radius 3 is 2.57 bits per heavy atom. The van der Waals surface area contributed by atoms with Crippen molar-refractivity contribution in [1.82, 2.24) is 25.4 Å². The van der Waals surface area contributed by atoms with Crippen molar-refractivity contribution >= 4 is 5.95 Å². The number of nitrogens with two attached hydrogens (primary N) is 1. The van der Waals surface area contributed by atoms with Crippen LogP contribution in [0.3, 0.4) is 0 Å². The molecule has 1 unspecified atom stereocenters. The Kier molecular flexibility index (Phi) is 4.72. The highest BCUT2D eigenvalue weighted by molar-refractivity contribution is 5.14. The van der Waals surface area contributed by atoms with Gasteiger partial charge in [-0.05, 0) is 57.8 Å². The minimum Gasteiger partial charge on any atom is -0.392 e. The van der Waals surface area contributed by atoms with Crippen LogP contribution in [0.5, 0.6) is 0 Å². The first kappa shape index (κ1) is 14.7. The molecule has 0 aliphatic carbocycles. The Labute approximate surface area is 125 Å². The number of nitrogens with zero attached hydrogens (tertiary/aromatic N) is 3. The van der Waals surface area contributed by atoms with Crippen molar-refractivity contribution in [2.45, 2.75) is 37.7 Å². The monoisotopic (exact) mass is 294 g/mol. The van der Waals surface area contributed by atoms with Crippen LogP contribution in [0.4, 0.5) is 5.95 Å². The highest BCUT2D eigenvalue weighted by atomic mass is 16.3. The molecule has 2 aliphatic rings. The molecule has 1 atom stereocenters. The van der Waals surface area contributed by atoms with Crippen molar-refractivity contribution in [3.8, 4) is 0 Å². The summed E-state index contributed by atoms with van der Waals surface area (Å²) >= 11 is 0. The number of aliphatic hydroxyl groups excluding tert-OH is 1. The van der Waals surface area contributed by atoms with Gasteiger partial charge in [-0.25, -0.2) is 0 Å². The van der Waals surface area contributed by atoms with Gasteiger partial charge in [0.25, 0.3) is 0 Å². The molecule has 0 radical (unpaired) electrons. The molecular weight excluding hydrogens is 268 g/mol. The van der Waals surface area contributed by atoms with Gasteiger partial charge in [-0.3, -0.25) is 5.10 Å². The lowest BCUT2D eigenvalue weighted by Gasteiger charge is -2.35. The van der Waals surface area contributed by atoms with E-state index in [0.717, 1.165) is 64.2 Å². The molecule has 21 heavy (non-hydrogen) atoms. The molecule has 2 aliphatic heterocycles. The third-order valence-electron chi connectivity index (χ3n) is 4.87. The van der Waals surface area contributed by atoms with Gasteiger partial charge in [-0.15, -0.1) is 5.10 Å². The molecule has 0 amide bonds. The zero-order valence-corrected chi connectivity index (χ0v) is 12.5. The summed E-state index contributed by atoms with van der Waals surface area (Å²) in [6.07, 6.45) is 4.09. The number of anilines is 1. The second kappa shape index (κ2) is 6.72. The fourth-order valence-corrected chi connectivity index (χ4v) is 3.50. The zero-order chi connectivity index (χ0) is 14.7. The number of likely N-dealkylation sites (tertiary alicyclic amines) is 1. The summed E-state index contributed by atoms with van der Waals surface area (Å²) in [7, 11) is 0. The van der Waals surface area contributed by atoms with Crippen molar-refractivity contribution in [3.63, 3.8) is 0 Å². The number of β-amino-alcohol motifs (C(OH)–C–C–N with tert-alkyl or cyclic N) is 1. The van der Waals surface area contributed by atoms with Crippen LogP contribution in [-0.2, 0) is 0 Å². The number of piperidine rings is 2. The van der Waals surface area contributed by atoms with Crippen LogP contribution in [-0.4, -0.2) is 64.0 Å². The minimum atomic E-state index is -0.190. The van der Waals surface area contributed by atoms with Crippen LogP contribution in [0.25, 0.3) is 0 Å². The summed E-state index contributed by atoms with van der Waals surface area (Å²) in [5, 5.41) is 20.6. The van der Waals surface area contributed by atoms with Gasteiger partial charge in [-0.2, -0.15) is 4.98 Å². The lowest BCUT2D eigenvalue weighted by atomic mass is 9.90. The number of hydrogen-bond donors (Lipinski definition) is 4. The Morgan fingerprint density at radius 2 is 1.95 bits per heavy atom. The SMILES string of the molecule is Nc1n[nH]c(C2CCN(CC(O)C3CCNCC3)CC2)n1. The number of nitrogen functional groups attached to an aromatic ring is 1. The number of rotatable bonds is 4. The summed E-state index contributed by atoms with van der Waals surface area (Å²) in [4.78, 5) is 6.61. The van der Waals surface area contributed by atoms with Crippen LogP contribution < -0.4 is 11.1 Å². The predicted octanol–water partition coefficient (Wildman–Crippen LogP) is -0.0732. The number of aromatic amines is 1. The van der Waals surface area contributed by atoms with E-state index in [1.807, 2.05) is 0 Å². The zero-order valence-electron chi connectivity index (χ0n) is 12.5. The number of aliphatic hydroxyl groups is 1. The van der Waals surface area contributed by atoms with E-state index in [0.29, 0.717) is 17.8 Å². The van der Waals surface area contributed by atoms with Gasteiger partial charge in [0.1, 0.15) is 5.82 Å². The Bertz CT molecular complexity index is 436. The molecule has 2 saturated heterocycles. The maximum Gasteiger partial charge on any atom is 0.239 e. The van der Waals surface area contributed by atoms with Gasteiger partial charge >= 0.3 is 0 Å². The van der Waals surface area contributed by atoms with E-state index in [1.165, 1.54) is 0 Å². The summed E-state index contributed by atoms with van der Waals surface area (Å²) < 4.78 is 0. The van der Waals surface area contributed by atoms with Crippen molar-refractivity contribution in [2.75, 3.05) is 38.5 Å². The number of hydrogen-bond acceptors (Lipinski definition) is 6. The molecule has 1 aromatic heterocycles. The van der Waals surface area contributed by atoms with Crippen LogP contribution in [0.2, 0.25) is 0 Å². The molecule has 7 heteroatoms. The molecule has 0 bridgehead atoms. The maximum absolute atomic E-state index is 10.4. The van der Waals surface area contributed by atoms with Gasteiger partial charge < -0.3 is 21.1 Å². The minimum absolute atomic E-state index is 0.190. The Morgan fingerprint density at radius 1 is 1.24 bits per heavy atom. The smallest absolute Gasteiger partial charge is 0.239 e. The second-order valence-corrected chi connectivity index (χ2v) is 6.31. The van der Waals surface area contributed by atoms with Crippen LogP contribution in [0.1, 0.15) is 37.4 Å². The summed E-state index contributed by atoms with van der Waals surface area (Å²) in [6, 6.07) is 0. The third-order valence-corrected chi connectivity index (χ3v) is 4.87. The van der Waals surface area contributed by atoms with E-state index in [1.54, 1.807) is 0 Å². The molecule has 0 aromatic carbocycles. The second-order valence-electron chi connectivity index (χ2n) is 6.31. The van der Waals surface area contributed by atoms with Crippen molar-refractivity contribution in [3.05, 3.63) is 5.82 Å². The molecule has 3 heterocycles. The van der Waals surface area contributed by atoms with E-state index in [4.69, 9.17) is 5.73 Å². The summed E-state index contributed by atoms with van der Waals surface area (Å²) in [5.41, 5.74) is 5.56. The first-order valence-corrected chi connectivity index (χ1v) is 8.01. The maximum atomic E-state index is 10.4. The predicted molar refractivity (Wildman–Crippen MR) is 80.8 cm³/mol. The normalized spacial score (nSPS) is 24.2. The van der Waals surface area contributed by atoms with Crippen molar-refractivity contribution in [2.24, 2.45) is 5.92 Å². The molecule has 118 valence electrons. The summed E-state index contributed by atoms with van der Waals surface area (Å²) in [5.74, 6) is 2.11. The van der Waals surface area contributed by atoms with E-state index >= 15 is 0 Å². The fraction of sp³-hybridized carbons (Fsp3) is 0.857. The fourth-order valence-electron chi connectivity index (χ4n) is 3.50. The number of nitrogens with one attached hydrogen (secondary N) is 2. The van der Waals surface area contributed by atoms with Gasteiger partial charge in [-0.1, -0.05) is 0 Å². The van der Waals surface area contributed by atoms with Gasteiger partial charge in [0.15, 0.2) is 0 Å². The van der Waals surface area contributed by atoms with Crippen molar-refractivity contribution < 1.29 is 5.11 Å². The molecule has 0 spiro atoms. The van der Waals surface area contributed by atoms with Gasteiger partial charge in [0.2, 0.25) is 5.95 Å². The lowest BCUT2D eigenvalue weighted by Crippen LogP contribution is -2.43. The summed E-state index contributed by atoms with van der Waals surface area (Å²) in [6.45, 7) is 4.89. The average molecular weight is 294 g/mol. The molecule has 7 nitrogen and oxygen atoms in total. The van der Waals surface area contributed by atoms with E-state index in [-0.39, 0.29) is 6.10 Å². The standard InChI is InChI=1S/C14H26N6O/c15-14-17-13(18-19-14)11-3-7-20(8-4-11)9-12(21)10-1-5-16-6-2-10/h10-12,16,21H,1-9H2,(H3,15,17,18,19). The Hall–Kier alpha value is -1.18. The molecular formula is C14H26N6O. The topological polar surface area (TPSA) is 103 Å². The van der Waals surface area contributed by atoms with Gasteiger partial charge in [0, 0.05) is 12.5 Å². The molecule has 5 N–H and O–H groups in total. The van der Waals surface area contributed by atoms with Crippen LogP contribution in [0.15, 0.2) is 0 Å². The average Bonchev–Trinajstić information content (AvgIpc) is 2.95. The highest BCUT2D eigenvalue weighted by Gasteiger charge is 2.27. The first-order valence-electron chi connectivity index (χ1n) is 8.01. The van der Waals surface area contributed by atoms with E-state index in [2.05, 4.69) is 25.4 Å². The highest BCUT2D eigenvalue weighted by Crippen LogP contribution is 2.26. The number of aromatic nitrogens is 3. The van der Waals surface area contributed by atoms with Crippen LogP contribution >= 0.6 is 0 Å². The molecule has 2 fully saturated rings.